The Morgan fingerprint density at radius 2 is 1.68 bits per heavy atom. The lowest BCUT2D eigenvalue weighted by Gasteiger charge is -2.07. The second-order valence-electron chi connectivity index (χ2n) is 5.49. The van der Waals surface area contributed by atoms with Gasteiger partial charge in [-0.15, -0.1) is 0 Å². The predicted molar refractivity (Wildman–Crippen MR) is 87.5 cm³/mol. The fourth-order valence-electron chi connectivity index (χ4n) is 2.67. The third-order valence-corrected chi connectivity index (χ3v) is 3.67. The topological polar surface area (TPSA) is 54.4 Å². The average Bonchev–Trinajstić information content (AvgIpc) is 2.85. The number of aryl methyl sites for hydroxylation is 3. The van der Waals surface area contributed by atoms with E-state index in [0.29, 0.717) is 11.5 Å². The number of amides is 1. The molecule has 0 fully saturated rings. The fraction of sp³-hybridized carbons (Fsp3) is 0.167. The summed E-state index contributed by atoms with van der Waals surface area (Å²) in [5, 5.41) is 2.81. The number of nitrogens with zero attached hydrogens (tertiary/aromatic N) is 2. The first kappa shape index (κ1) is 14.2. The van der Waals surface area contributed by atoms with Gasteiger partial charge in [0.2, 0.25) is 0 Å². The maximum atomic E-state index is 12.1. The number of aromatic nitrogens is 1. The number of hydrogen-bond acceptors (Lipinski definition) is 3. The number of aliphatic imine (C=N–C) groups is 1. The largest absolute Gasteiger partial charge is 0.305 e. The van der Waals surface area contributed by atoms with E-state index < -0.39 is 0 Å². The van der Waals surface area contributed by atoms with Gasteiger partial charge in [0.25, 0.3) is 5.91 Å². The average molecular weight is 291 g/mol. The molecule has 1 aliphatic heterocycles. The molecule has 1 N–H and O–H groups in total. The zero-order chi connectivity index (χ0) is 15.7. The normalized spacial score (nSPS) is 15.9. The first-order chi connectivity index (χ1) is 10.5. The number of nitrogens with one attached hydrogen (secondary N) is 1. The van der Waals surface area contributed by atoms with Gasteiger partial charge in [0.05, 0.1) is 0 Å². The summed E-state index contributed by atoms with van der Waals surface area (Å²) in [6.45, 7) is 6.17. The van der Waals surface area contributed by atoms with Crippen LogP contribution in [0, 0.1) is 20.8 Å². The maximum absolute atomic E-state index is 12.1. The highest BCUT2D eigenvalue weighted by Crippen LogP contribution is 2.21. The van der Waals surface area contributed by atoms with E-state index in [9.17, 15) is 4.79 Å². The molecule has 0 aliphatic carbocycles. The van der Waals surface area contributed by atoms with Gasteiger partial charge in [0, 0.05) is 18.0 Å². The van der Waals surface area contributed by atoms with Crippen LogP contribution in [0.5, 0.6) is 0 Å². The van der Waals surface area contributed by atoms with Crippen LogP contribution in [0.3, 0.4) is 0 Å². The van der Waals surface area contributed by atoms with Crippen molar-refractivity contribution in [2.75, 3.05) is 0 Å². The van der Waals surface area contributed by atoms with Gasteiger partial charge in [0.15, 0.2) is 0 Å². The van der Waals surface area contributed by atoms with Crippen molar-refractivity contribution in [3.8, 4) is 0 Å². The zero-order valence-corrected chi connectivity index (χ0v) is 12.8. The van der Waals surface area contributed by atoms with E-state index in [1.54, 1.807) is 12.4 Å². The highest BCUT2D eigenvalue weighted by atomic mass is 16.2. The first-order valence-corrected chi connectivity index (χ1v) is 7.14. The Hall–Kier alpha value is -2.75. The van der Waals surface area contributed by atoms with Gasteiger partial charge in [-0.1, -0.05) is 17.7 Å². The minimum Gasteiger partial charge on any atom is -0.305 e. The quantitative estimate of drug-likeness (QED) is 0.865. The standard InChI is InChI=1S/C18H17N3O/c1-11-8-12(2)15(13(3)9-11)10-16-18(22)21-17(20-16)14-4-6-19-7-5-14/h4-10H,1-3H3,(H,20,21,22)/b16-10-. The van der Waals surface area contributed by atoms with Crippen molar-refractivity contribution in [2.24, 2.45) is 4.99 Å². The summed E-state index contributed by atoms with van der Waals surface area (Å²) in [6.07, 6.45) is 5.22. The molecule has 3 rings (SSSR count). The molecule has 22 heavy (non-hydrogen) atoms. The van der Waals surface area contributed by atoms with Crippen molar-refractivity contribution in [1.29, 1.82) is 0 Å². The SMILES string of the molecule is Cc1cc(C)c(/C=C2\N=C(c3ccncc3)NC2=O)c(C)c1. The van der Waals surface area contributed by atoms with Gasteiger partial charge in [-0.3, -0.25) is 9.78 Å². The van der Waals surface area contributed by atoms with Crippen LogP contribution in [0.25, 0.3) is 6.08 Å². The summed E-state index contributed by atoms with van der Waals surface area (Å²) in [6, 6.07) is 7.87. The summed E-state index contributed by atoms with van der Waals surface area (Å²) in [5.74, 6) is 0.396. The van der Waals surface area contributed by atoms with Crippen LogP contribution in [0.4, 0.5) is 0 Å². The number of benzene rings is 1. The third kappa shape index (κ3) is 2.68. The van der Waals surface area contributed by atoms with E-state index in [1.165, 1.54) is 5.56 Å². The van der Waals surface area contributed by atoms with E-state index in [-0.39, 0.29) is 5.91 Å². The number of amidine groups is 1. The number of pyridine rings is 1. The Bertz CT molecular complexity index is 781. The molecule has 1 aromatic heterocycles. The van der Waals surface area contributed by atoms with Crippen LogP contribution < -0.4 is 5.32 Å². The molecule has 0 bridgehead atoms. The Morgan fingerprint density at radius 1 is 1.05 bits per heavy atom. The summed E-state index contributed by atoms with van der Waals surface area (Å²) in [5.41, 5.74) is 5.84. The lowest BCUT2D eigenvalue weighted by molar-refractivity contribution is -0.115. The molecule has 1 aliphatic rings. The van der Waals surface area contributed by atoms with E-state index in [4.69, 9.17) is 0 Å². The number of carbonyl (C=O) groups is 1. The van der Waals surface area contributed by atoms with Gasteiger partial charge in [-0.2, -0.15) is 0 Å². The van der Waals surface area contributed by atoms with Crippen molar-refractivity contribution in [1.82, 2.24) is 10.3 Å². The molecule has 4 nitrogen and oxygen atoms in total. The molecular weight excluding hydrogens is 274 g/mol. The van der Waals surface area contributed by atoms with E-state index in [0.717, 1.165) is 22.3 Å². The van der Waals surface area contributed by atoms with Crippen molar-refractivity contribution in [2.45, 2.75) is 20.8 Å². The molecule has 2 aromatic rings. The summed E-state index contributed by atoms with van der Waals surface area (Å²) in [7, 11) is 0. The van der Waals surface area contributed by atoms with Crippen LogP contribution in [0.1, 0.15) is 27.8 Å². The van der Waals surface area contributed by atoms with Crippen LogP contribution in [-0.4, -0.2) is 16.7 Å². The van der Waals surface area contributed by atoms with Gasteiger partial charge >= 0.3 is 0 Å². The smallest absolute Gasteiger partial charge is 0.275 e. The molecule has 0 atom stereocenters. The Labute approximate surface area is 129 Å². The molecule has 1 aromatic carbocycles. The molecule has 110 valence electrons. The summed E-state index contributed by atoms with van der Waals surface area (Å²) < 4.78 is 0. The highest BCUT2D eigenvalue weighted by Gasteiger charge is 2.21. The van der Waals surface area contributed by atoms with Crippen LogP contribution >= 0.6 is 0 Å². The van der Waals surface area contributed by atoms with Gasteiger partial charge < -0.3 is 5.32 Å². The van der Waals surface area contributed by atoms with Gasteiger partial charge in [0.1, 0.15) is 11.5 Å². The Balaban J connectivity index is 2.02. The second-order valence-corrected chi connectivity index (χ2v) is 5.49. The maximum Gasteiger partial charge on any atom is 0.275 e. The van der Waals surface area contributed by atoms with Crippen molar-refractivity contribution in [3.63, 3.8) is 0 Å². The molecule has 0 saturated carbocycles. The first-order valence-electron chi connectivity index (χ1n) is 7.14. The Kier molecular flexibility index (Phi) is 3.59. The van der Waals surface area contributed by atoms with E-state index in [1.807, 2.05) is 32.1 Å². The second kappa shape index (κ2) is 5.56. The fourth-order valence-corrected chi connectivity index (χ4v) is 2.67. The van der Waals surface area contributed by atoms with Crippen LogP contribution in [-0.2, 0) is 4.79 Å². The molecule has 2 heterocycles. The highest BCUT2D eigenvalue weighted by molar-refractivity contribution is 6.19. The van der Waals surface area contributed by atoms with Crippen molar-refractivity contribution >= 4 is 17.8 Å². The molecule has 1 amide bonds. The lowest BCUT2D eigenvalue weighted by atomic mass is 9.99. The van der Waals surface area contributed by atoms with Crippen LogP contribution in [0.2, 0.25) is 0 Å². The molecule has 0 saturated heterocycles. The van der Waals surface area contributed by atoms with Gasteiger partial charge in [-0.05, 0) is 55.7 Å². The van der Waals surface area contributed by atoms with Crippen molar-refractivity contribution in [3.05, 3.63) is 70.2 Å². The molecule has 0 unspecified atom stereocenters. The molecular formula is C18H17N3O. The zero-order valence-electron chi connectivity index (χ0n) is 12.8. The molecule has 4 heteroatoms. The summed E-state index contributed by atoms with van der Waals surface area (Å²) >= 11 is 0. The van der Waals surface area contributed by atoms with Gasteiger partial charge in [-0.25, -0.2) is 4.99 Å². The monoisotopic (exact) mass is 291 g/mol. The minimum absolute atomic E-state index is 0.175. The summed E-state index contributed by atoms with van der Waals surface area (Å²) in [4.78, 5) is 20.5. The van der Waals surface area contributed by atoms with Crippen LogP contribution in [0.15, 0.2) is 47.3 Å². The molecule has 0 spiro atoms. The number of hydrogen-bond donors (Lipinski definition) is 1. The third-order valence-electron chi connectivity index (χ3n) is 3.67. The Morgan fingerprint density at radius 3 is 2.32 bits per heavy atom. The number of carbonyl (C=O) groups excluding carboxylic acids is 1. The van der Waals surface area contributed by atoms with Crippen molar-refractivity contribution < 1.29 is 4.79 Å². The van der Waals surface area contributed by atoms with E-state index in [2.05, 4.69) is 34.3 Å². The van der Waals surface area contributed by atoms with E-state index >= 15 is 0 Å². The number of rotatable bonds is 2. The predicted octanol–water partition coefficient (Wildman–Crippen LogP) is 2.92. The lowest BCUT2D eigenvalue weighted by Crippen LogP contribution is -2.24. The molecule has 0 radical (unpaired) electrons. The minimum atomic E-state index is -0.175.